The third-order valence-corrected chi connectivity index (χ3v) is 3.35. The molecule has 1 saturated heterocycles. The van der Waals surface area contributed by atoms with Gasteiger partial charge in [-0.2, -0.15) is 0 Å². The summed E-state index contributed by atoms with van der Waals surface area (Å²) >= 11 is 0. The molecule has 0 saturated carbocycles. The molecule has 100 valence electrons. The Morgan fingerprint density at radius 3 is 2.78 bits per heavy atom. The normalized spacial score (nSPS) is 16.1. The van der Waals surface area contributed by atoms with Gasteiger partial charge < -0.3 is 15.4 Å². The van der Waals surface area contributed by atoms with E-state index in [9.17, 15) is 4.39 Å². The van der Waals surface area contributed by atoms with Crippen molar-refractivity contribution in [3.63, 3.8) is 0 Å². The SMILES string of the molecule is NCc1c(F)cccc1OCCCN1CCCC1. The van der Waals surface area contributed by atoms with Crippen molar-refractivity contribution in [3.8, 4) is 5.75 Å². The number of hydrogen-bond acceptors (Lipinski definition) is 3. The topological polar surface area (TPSA) is 38.5 Å². The van der Waals surface area contributed by atoms with Crippen molar-refractivity contribution in [3.05, 3.63) is 29.6 Å². The van der Waals surface area contributed by atoms with Gasteiger partial charge in [-0.05, 0) is 44.5 Å². The van der Waals surface area contributed by atoms with Crippen molar-refractivity contribution in [1.29, 1.82) is 0 Å². The molecule has 4 heteroatoms. The van der Waals surface area contributed by atoms with Crippen LogP contribution in [0.3, 0.4) is 0 Å². The highest BCUT2D eigenvalue weighted by molar-refractivity contribution is 5.34. The number of hydrogen-bond donors (Lipinski definition) is 1. The predicted molar refractivity (Wildman–Crippen MR) is 70.1 cm³/mol. The molecule has 1 fully saturated rings. The van der Waals surface area contributed by atoms with Crippen molar-refractivity contribution in [1.82, 2.24) is 4.90 Å². The fourth-order valence-electron chi connectivity index (χ4n) is 2.35. The molecule has 2 rings (SSSR count). The lowest BCUT2D eigenvalue weighted by Gasteiger charge is -2.15. The first-order chi connectivity index (χ1) is 8.81. The van der Waals surface area contributed by atoms with Gasteiger partial charge in [0.1, 0.15) is 11.6 Å². The Kier molecular flexibility index (Phi) is 4.96. The van der Waals surface area contributed by atoms with Gasteiger partial charge >= 0.3 is 0 Å². The van der Waals surface area contributed by atoms with E-state index in [0.29, 0.717) is 17.9 Å². The maximum Gasteiger partial charge on any atom is 0.131 e. The summed E-state index contributed by atoms with van der Waals surface area (Å²) in [6.07, 6.45) is 3.59. The molecule has 0 aliphatic carbocycles. The van der Waals surface area contributed by atoms with E-state index in [2.05, 4.69) is 4.90 Å². The molecular weight excluding hydrogens is 231 g/mol. The summed E-state index contributed by atoms with van der Waals surface area (Å²) in [5.41, 5.74) is 6.00. The number of ether oxygens (including phenoxy) is 1. The molecule has 0 spiro atoms. The Morgan fingerprint density at radius 2 is 2.06 bits per heavy atom. The number of likely N-dealkylation sites (tertiary alicyclic amines) is 1. The first-order valence-electron chi connectivity index (χ1n) is 6.64. The van der Waals surface area contributed by atoms with Crippen LogP contribution in [0.15, 0.2) is 18.2 Å². The van der Waals surface area contributed by atoms with E-state index in [-0.39, 0.29) is 12.4 Å². The molecule has 1 aliphatic heterocycles. The monoisotopic (exact) mass is 252 g/mol. The fourth-order valence-corrected chi connectivity index (χ4v) is 2.35. The second-order valence-corrected chi connectivity index (χ2v) is 4.67. The number of rotatable bonds is 6. The van der Waals surface area contributed by atoms with E-state index in [0.717, 1.165) is 13.0 Å². The molecular formula is C14H21FN2O. The average molecular weight is 252 g/mol. The molecule has 0 atom stereocenters. The molecule has 1 aromatic carbocycles. The molecule has 0 amide bonds. The molecule has 1 aliphatic rings. The van der Waals surface area contributed by atoms with E-state index in [1.165, 1.54) is 32.0 Å². The molecule has 18 heavy (non-hydrogen) atoms. The van der Waals surface area contributed by atoms with Crippen LogP contribution in [0.2, 0.25) is 0 Å². The summed E-state index contributed by atoms with van der Waals surface area (Å²) in [5, 5.41) is 0. The average Bonchev–Trinajstić information content (AvgIpc) is 2.88. The summed E-state index contributed by atoms with van der Waals surface area (Å²) < 4.78 is 19.1. The van der Waals surface area contributed by atoms with Crippen molar-refractivity contribution in [2.75, 3.05) is 26.2 Å². The van der Waals surface area contributed by atoms with Crippen molar-refractivity contribution < 1.29 is 9.13 Å². The second kappa shape index (κ2) is 6.71. The van der Waals surface area contributed by atoms with Gasteiger partial charge in [0.2, 0.25) is 0 Å². The lowest BCUT2D eigenvalue weighted by molar-refractivity contribution is 0.261. The molecule has 1 aromatic rings. The molecule has 0 bridgehead atoms. The lowest BCUT2D eigenvalue weighted by Crippen LogP contribution is -2.22. The van der Waals surface area contributed by atoms with Crippen LogP contribution in [0.25, 0.3) is 0 Å². The highest BCUT2D eigenvalue weighted by Gasteiger charge is 2.11. The standard InChI is InChI=1S/C14H21FN2O/c15-13-5-3-6-14(12(13)11-16)18-10-4-9-17-7-1-2-8-17/h3,5-6H,1-2,4,7-11,16H2. The van der Waals surface area contributed by atoms with E-state index in [1.54, 1.807) is 12.1 Å². The van der Waals surface area contributed by atoms with Crippen molar-refractivity contribution >= 4 is 0 Å². The van der Waals surface area contributed by atoms with Gasteiger partial charge in [0.25, 0.3) is 0 Å². The number of benzene rings is 1. The van der Waals surface area contributed by atoms with Gasteiger partial charge in [-0.15, -0.1) is 0 Å². The first kappa shape index (κ1) is 13.3. The van der Waals surface area contributed by atoms with Crippen LogP contribution in [-0.4, -0.2) is 31.1 Å². The predicted octanol–water partition coefficient (Wildman–Crippen LogP) is 2.15. The van der Waals surface area contributed by atoms with E-state index in [4.69, 9.17) is 10.5 Å². The summed E-state index contributed by atoms with van der Waals surface area (Å²) in [5.74, 6) is 0.300. The van der Waals surface area contributed by atoms with Crippen molar-refractivity contribution in [2.45, 2.75) is 25.8 Å². The number of halogens is 1. The molecule has 3 nitrogen and oxygen atoms in total. The van der Waals surface area contributed by atoms with E-state index in [1.807, 2.05) is 0 Å². The van der Waals surface area contributed by atoms with Crippen LogP contribution in [0, 0.1) is 5.82 Å². The third kappa shape index (κ3) is 3.43. The zero-order chi connectivity index (χ0) is 12.8. The van der Waals surface area contributed by atoms with Gasteiger partial charge in [0.15, 0.2) is 0 Å². The zero-order valence-electron chi connectivity index (χ0n) is 10.7. The Morgan fingerprint density at radius 1 is 1.28 bits per heavy atom. The lowest BCUT2D eigenvalue weighted by atomic mass is 10.2. The highest BCUT2D eigenvalue weighted by atomic mass is 19.1. The van der Waals surface area contributed by atoms with Crippen LogP contribution < -0.4 is 10.5 Å². The minimum atomic E-state index is -0.283. The number of nitrogens with zero attached hydrogens (tertiary/aromatic N) is 1. The maximum absolute atomic E-state index is 13.4. The Balaban J connectivity index is 1.77. The minimum absolute atomic E-state index is 0.175. The van der Waals surface area contributed by atoms with Gasteiger partial charge in [0, 0.05) is 18.7 Å². The summed E-state index contributed by atoms with van der Waals surface area (Å²) in [4.78, 5) is 2.44. The molecule has 0 aromatic heterocycles. The smallest absolute Gasteiger partial charge is 0.131 e. The van der Waals surface area contributed by atoms with Crippen LogP contribution in [-0.2, 0) is 6.54 Å². The largest absolute Gasteiger partial charge is 0.493 e. The first-order valence-corrected chi connectivity index (χ1v) is 6.64. The van der Waals surface area contributed by atoms with Crippen molar-refractivity contribution in [2.24, 2.45) is 5.73 Å². The molecule has 0 unspecified atom stereocenters. The Labute approximate surface area is 108 Å². The summed E-state index contributed by atoms with van der Waals surface area (Å²) in [7, 11) is 0. The number of nitrogens with two attached hydrogens (primary N) is 1. The van der Waals surface area contributed by atoms with E-state index >= 15 is 0 Å². The Bertz CT molecular complexity index is 378. The second-order valence-electron chi connectivity index (χ2n) is 4.67. The highest BCUT2D eigenvalue weighted by Crippen LogP contribution is 2.21. The van der Waals surface area contributed by atoms with Gasteiger partial charge in [-0.3, -0.25) is 0 Å². The Hall–Kier alpha value is -1.13. The zero-order valence-corrected chi connectivity index (χ0v) is 10.7. The fraction of sp³-hybridized carbons (Fsp3) is 0.571. The van der Waals surface area contributed by atoms with Gasteiger partial charge in [-0.25, -0.2) is 4.39 Å². The summed E-state index contributed by atoms with van der Waals surface area (Å²) in [6.45, 7) is 4.26. The van der Waals surface area contributed by atoms with Gasteiger partial charge in [0.05, 0.1) is 6.61 Å². The van der Waals surface area contributed by atoms with Crippen LogP contribution >= 0.6 is 0 Å². The third-order valence-electron chi connectivity index (χ3n) is 3.35. The maximum atomic E-state index is 13.4. The van der Waals surface area contributed by atoms with Crippen LogP contribution in [0.5, 0.6) is 5.75 Å². The molecule has 1 heterocycles. The van der Waals surface area contributed by atoms with E-state index < -0.39 is 0 Å². The van der Waals surface area contributed by atoms with Gasteiger partial charge in [-0.1, -0.05) is 6.07 Å². The summed E-state index contributed by atoms with van der Waals surface area (Å²) in [6, 6.07) is 4.85. The van der Waals surface area contributed by atoms with Crippen LogP contribution in [0.1, 0.15) is 24.8 Å². The quantitative estimate of drug-likeness (QED) is 0.788. The molecule has 2 N–H and O–H groups in total. The van der Waals surface area contributed by atoms with Crippen LogP contribution in [0.4, 0.5) is 4.39 Å². The minimum Gasteiger partial charge on any atom is -0.493 e. The molecule has 0 radical (unpaired) electrons.